The van der Waals surface area contributed by atoms with Gasteiger partial charge in [-0.2, -0.15) is 0 Å². The summed E-state index contributed by atoms with van der Waals surface area (Å²) >= 11 is 1.71. The van der Waals surface area contributed by atoms with Crippen LogP contribution in [0.4, 0.5) is 0 Å². The van der Waals surface area contributed by atoms with E-state index < -0.39 is 0 Å². The summed E-state index contributed by atoms with van der Waals surface area (Å²) in [6.45, 7) is 4.89. The van der Waals surface area contributed by atoms with Gasteiger partial charge in [-0.15, -0.1) is 0 Å². The van der Waals surface area contributed by atoms with Gasteiger partial charge in [-0.3, -0.25) is 0 Å². The van der Waals surface area contributed by atoms with Gasteiger partial charge in [0.1, 0.15) is 0 Å². The molecule has 1 saturated heterocycles. The molecule has 2 heterocycles. The molecule has 1 aromatic heterocycles. The molecule has 2 rings (SSSR count). The molecule has 2 unspecified atom stereocenters. The predicted octanol–water partition coefficient (Wildman–Crippen LogP) is 1.73. The van der Waals surface area contributed by atoms with E-state index in [2.05, 4.69) is 22.2 Å². The summed E-state index contributed by atoms with van der Waals surface area (Å²) in [5, 5.41) is 4.84. The average Bonchev–Trinajstić information content (AvgIpc) is 2.39. The highest BCUT2D eigenvalue weighted by atomic mass is 32.2. The minimum absolute atomic E-state index is 0.415. The number of thioether (sulfide) groups is 1. The highest BCUT2D eigenvalue weighted by Crippen LogP contribution is 2.26. The SMILES string of the molecule is CCCNC1CCOCC1Sc1ncccn1. The molecular weight excluding hydrogens is 234 g/mol. The van der Waals surface area contributed by atoms with Gasteiger partial charge in [-0.25, -0.2) is 9.97 Å². The molecule has 1 fully saturated rings. The first-order valence-corrected chi connectivity index (χ1v) is 7.03. The van der Waals surface area contributed by atoms with E-state index in [0.717, 1.165) is 37.8 Å². The Morgan fingerprint density at radius 1 is 1.47 bits per heavy atom. The van der Waals surface area contributed by atoms with Crippen molar-refractivity contribution in [3.8, 4) is 0 Å². The van der Waals surface area contributed by atoms with Crippen LogP contribution in [-0.2, 0) is 4.74 Å². The van der Waals surface area contributed by atoms with Crippen LogP contribution in [0.15, 0.2) is 23.6 Å². The Kier molecular flexibility index (Phi) is 5.22. The van der Waals surface area contributed by atoms with E-state index in [4.69, 9.17) is 4.74 Å². The van der Waals surface area contributed by atoms with Crippen LogP contribution in [0.3, 0.4) is 0 Å². The van der Waals surface area contributed by atoms with Crippen molar-refractivity contribution < 1.29 is 4.74 Å². The monoisotopic (exact) mass is 253 g/mol. The lowest BCUT2D eigenvalue weighted by atomic mass is 10.1. The van der Waals surface area contributed by atoms with E-state index in [0.29, 0.717) is 11.3 Å². The molecule has 0 radical (unpaired) electrons. The molecule has 0 bridgehead atoms. The molecule has 0 amide bonds. The number of nitrogens with zero attached hydrogens (tertiary/aromatic N) is 2. The first-order valence-electron chi connectivity index (χ1n) is 6.15. The molecule has 1 aromatic rings. The Bertz CT molecular complexity index is 323. The molecule has 94 valence electrons. The van der Waals surface area contributed by atoms with E-state index >= 15 is 0 Å². The quantitative estimate of drug-likeness (QED) is 0.810. The number of nitrogens with one attached hydrogen (secondary N) is 1. The summed E-state index contributed by atoms with van der Waals surface area (Å²) in [7, 11) is 0. The van der Waals surface area contributed by atoms with Crippen LogP contribution < -0.4 is 5.32 Å². The van der Waals surface area contributed by atoms with E-state index in [1.54, 1.807) is 24.2 Å². The van der Waals surface area contributed by atoms with Crippen LogP contribution in [0.25, 0.3) is 0 Å². The Balaban J connectivity index is 1.92. The Morgan fingerprint density at radius 3 is 3.06 bits per heavy atom. The zero-order valence-electron chi connectivity index (χ0n) is 10.1. The van der Waals surface area contributed by atoms with Crippen molar-refractivity contribution in [2.75, 3.05) is 19.8 Å². The van der Waals surface area contributed by atoms with Crippen molar-refractivity contribution in [2.45, 2.75) is 36.2 Å². The van der Waals surface area contributed by atoms with Gasteiger partial charge in [0.05, 0.1) is 11.9 Å². The topological polar surface area (TPSA) is 47.0 Å². The number of hydrogen-bond donors (Lipinski definition) is 1. The molecule has 0 spiro atoms. The van der Waals surface area contributed by atoms with Crippen molar-refractivity contribution >= 4 is 11.8 Å². The molecule has 1 aliphatic heterocycles. The molecule has 4 nitrogen and oxygen atoms in total. The number of ether oxygens (including phenoxy) is 1. The zero-order valence-corrected chi connectivity index (χ0v) is 10.9. The molecular formula is C12H19N3OS. The molecule has 1 aliphatic rings. The second kappa shape index (κ2) is 6.93. The normalized spacial score (nSPS) is 24.8. The van der Waals surface area contributed by atoms with Gasteiger partial charge in [0.25, 0.3) is 0 Å². The molecule has 5 heteroatoms. The summed E-state index contributed by atoms with van der Waals surface area (Å²) in [4.78, 5) is 8.51. The average molecular weight is 253 g/mol. The number of aromatic nitrogens is 2. The van der Waals surface area contributed by atoms with Gasteiger partial charge in [0.15, 0.2) is 5.16 Å². The van der Waals surface area contributed by atoms with E-state index in [1.165, 1.54) is 0 Å². The Labute approximate surface area is 107 Å². The fraction of sp³-hybridized carbons (Fsp3) is 0.667. The number of rotatable bonds is 5. The Morgan fingerprint density at radius 2 is 2.29 bits per heavy atom. The maximum atomic E-state index is 5.55. The fourth-order valence-corrected chi connectivity index (χ4v) is 2.95. The smallest absolute Gasteiger partial charge is 0.187 e. The number of hydrogen-bond acceptors (Lipinski definition) is 5. The van der Waals surface area contributed by atoms with E-state index in [-0.39, 0.29) is 0 Å². The predicted molar refractivity (Wildman–Crippen MR) is 69.2 cm³/mol. The van der Waals surface area contributed by atoms with Gasteiger partial charge < -0.3 is 10.1 Å². The minimum Gasteiger partial charge on any atom is -0.380 e. The molecule has 0 saturated carbocycles. The van der Waals surface area contributed by atoms with Crippen molar-refractivity contribution in [1.29, 1.82) is 0 Å². The highest BCUT2D eigenvalue weighted by molar-refractivity contribution is 7.99. The van der Waals surface area contributed by atoms with Gasteiger partial charge in [0, 0.05) is 25.0 Å². The summed E-state index contributed by atoms with van der Waals surface area (Å²) in [6.07, 6.45) is 5.81. The van der Waals surface area contributed by atoms with Crippen molar-refractivity contribution in [1.82, 2.24) is 15.3 Å². The lowest BCUT2D eigenvalue weighted by molar-refractivity contribution is 0.0832. The third-order valence-electron chi connectivity index (χ3n) is 2.76. The second-order valence-electron chi connectivity index (χ2n) is 4.11. The second-order valence-corrected chi connectivity index (χ2v) is 5.32. The fourth-order valence-electron chi connectivity index (χ4n) is 1.87. The molecule has 0 aromatic carbocycles. The van der Waals surface area contributed by atoms with Crippen molar-refractivity contribution in [3.05, 3.63) is 18.5 Å². The first-order chi connectivity index (χ1) is 8.40. The van der Waals surface area contributed by atoms with Crippen LogP contribution in [0.2, 0.25) is 0 Å². The minimum atomic E-state index is 0.415. The van der Waals surface area contributed by atoms with Crippen LogP contribution in [0.5, 0.6) is 0 Å². The molecule has 2 atom stereocenters. The summed E-state index contributed by atoms with van der Waals surface area (Å²) in [5.74, 6) is 0. The molecule has 1 N–H and O–H groups in total. The third-order valence-corrected chi connectivity index (χ3v) is 3.95. The summed E-state index contributed by atoms with van der Waals surface area (Å²) in [6, 6.07) is 2.35. The van der Waals surface area contributed by atoms with Crippen molar-refractivity contribution in [2.24, 2.45) is 0 Å². The lowest BCUT2D eigenvalue weighted by Crippen LogP contribution is -2.45. The molecule has 17 heavy (non-hydrogen) atoms. The highest BCUT2D eigenvalue weighted by Gasteiger charge is 2.26. The first kappa shape index (κ1) is 12.8. The van der Waals surface area contributed by atoms with E-state index in [1.807, 2.05) is 6.07 Å². The lowest BCUT2D eigenvalue weighted by Gasteiger charge is -2.31. The summed E-state index contributed by atoms with van der Waals surface area (Å²) in [5.41, 5.74) is 0. The van der Waals surface area contributed by atoms with E-state index in [9.17, 15) is 0 Å². The summed E-state index contributed by atoms with van der Waals surface area (Å²) < 4.78 is 5.55. The Hall–Kier alpha value is -0.650. The van der Waals surface area contributed by atoms with Gasteiger partial charge >= 0.3 is 0 Å². The van der Waals surface area contributed by atoms with Gasteiger partial charge in [-0.05, 0) is 25.5 Å². The molecule has 0 aliphatic carbocycles. The van der Waals surface area contributed by atoms with Crippen LogP contribution in [-0.4, -0.2) is 41.0 Å². The van der Waals surface area contributed by atoms with Crippen LogP contribution in [0, 0.1) is 0 Å². The largest absolute Gasteiger partial charge is 0.380 e. The standard InChI is InChI=1S/C12H19N3OS/c1-2-5-13-10-4-8-16-9-11(10)17-12-14-6-3-7-15-12/h3,6-7,10-11,13H,2,4-5,8-9H2,1H3. The maximum absolute atomic E-state index is 5.55. The maximum Gasteiger partial charge on any atom is 0.187 e. The van der Waals surface area contributed by atoms with Gasteiger partial charge in [0.2, 0.25) is 0 Å². The van der Waals surface area contributed by atoms with Crippen LogP contribution >= 0.6 is 11.8 Å². The third kappa shape index (κ3) is 3.94. The van der Waals surface area contributed by atoms with Crippen LogP contribution in [0.1, 0.15) is 19.8 Å². The van der Waals surface area contributed by atoms with Gasteiger partial charge in [-0.1, -0.05) is 18.7 Å². The van der Waals surface area contributed by atoms with Crippen molar-refractivity contribution in [3.63, 3.8) is 0 Å². The zero-order chi connectivity index (χ0) is 11.9.